The summed E-state index contributed by atoms with van der Waals surface area (Å²) in [5.41, 5.74) is 0.0615. The predicted molar refractivity (Wildman–Crippen MR) is 62.4 cm³/mol. The van der Waals surface area contributed by atoms with Gasteiger partial charge < -0.3 is 10.4 Å². The minimum atomic E-state index is 0.0615. The zero-order chi connectivity index (χ0) is 11.0. The molecule has 86 valence electrons. The second kappa shape index (κ2) is 7.24. The van der Waals surface area contributed by atoms with Crippen LogP contribution in [0.25, 0.3) is 0 Å². The maximum Gasteiger partial charge on any atom is 0.0496 e. The van der Waals surface area contributed by atoms with E-state index < -0.39 is 0 Å². The van der Waals surface area contributed by atoms with Gasteiger partial charge in [0, 0.05) is 18.6 Å². The summed E-state index contributed by atoms with van der Waals surface area (Å²) >= 11 is 0. The van der Waals surface area contributed by atoms with Crippen molar-refractivity contribution in [1.82, 2.24) is 5.32 Å². The van der Waals surface area contributed by atoms with Gasteiger partial charge in [0.15, 0.2) is 0 Å². The predicted octanol–water partition coefficient (Wildman–Crippen LogP) is 2.42. The third-order valence-corrected chi connectivity index (χ3v) is 3.37. The summed E-state index contributed by atoms with van der Waals surface area (Å²) in [4.78, 5) is 0. The first-order chi connectivity index (χ1) is 6.61. The topological polar surface area (TPSA) is 32.3 Å². The lowest BCUT2D eigenvalue weighted by atomic mass is 9.88. The molecule has 1 atom stereocenters. The van der Waals surface area contributed by atoms with Crippen molar-refractivity contribution in [2.75, 3.05) is 19.7 Å². The van der Waals surface area contributed by atoms with Crippen LogP contribution in [-0.2, 0) is 0 Å². The van der Waals surface area contributed by atoms with Gasteiger partial charge in [0.1, 0.15) is 0 Å². The molecule has 0 spiro atoms. The van der Waals surface area contributed by atoms with E-state index in [1.54, 1.807) is 0 Å². The van der Waals surface area contributed by atoms with E-state index in [1.807, 2.05) is 0 Å². The van der Waals surface area contributed by atoms with E-state index in [-0.39, 0.29) is 12.0 Å². The molecule has 0 fully saturated rings. The summed E-state index contributed by atoms with van der Waals surface area (Å²) in [6.07, 6.45) is 3.51. The van der Waals surface area contributed by atoms with Crippen LogP contribution in [0.4, 0.5) is 0 Å². The van der Waals surface area contributed by atoms with Gasteiger partial charge in [0.05, 0.1) is 0 Å². The van der Waals surface area contributed by atoms with Gasteiger partial charge in [-0.2, -0.15) is 0 Å². The zero-order valence-electron chi connectivity index (χ0n) is 10.3. The number of hydrogen-bond acceptors (Lipinski definition) is 2. The first kappa shape index (κ1) is 13.9. The van der Waals surface area contributed by atoms with Gasteiger partial charge >= 0.3 is 0 Å². The summed E-state index contributed by atoms with van der Waals surface area (Å²) in [6.45, 7) is 11.0. The van der Waals surface area contributed by atoms with Crippen LogP contribution in [0.2, 0.25) is 0 Å². The standard InChI is InChI=1S/C12H27NO/c1-5-11(6-2)8-13-9-12(4,7-3)10-14/h11,13-14H,5-10H2,1-4H3. The molecule has 0 aromatic carbocycles. The number of hydrogen-bond donors (Lipinski definition) is 2. The monoisotopic (exact) mass is 201 g/mol. The van der Waals surface area contributed by atoms with E-state index in [9.17, 15) is 5.11 Å². The third-order valence-electron chi connectivity index (χ3n) is 3.37. The molecule has 0 rings (SSSR count). The second-order valence-corrected chi connectivity index (χ2v) is 4.64. The summed E-state index contributed by atoms with van der Waals surface area (Å²) in [7, 11) is 0. The molecule has 1 unspecified atom stereocenters. The van der Waals surface area contributed by atoms with Crippen LogP contribution in [-0.4, -0.2) is 24.8 Å². The Labute approximate surface area is 89.1 Å². The molecule has 0 amide bonds. The normalized spacial score (nSPS) is 15.9. The highest BCUT2D eigenvalue weighted by Crippen LogP contribution is 2.18. The van der Waals surface area contributed by atoms with Gasteiger partial charge in [0.2, 0.25) is 0 Å². The van der Waals surface area contributed by atoms with Gasteiger partial charge in [-0.3, -0.25) is 0 Å². The molecule has 0 aliphatic rings. The minimum absolute atomic E-state index is 0.0615. The van der Waals surface area contributed by atoms with E-state index >= 15 is 0 Å². The second-order valence-electron chi connectivity index (χ2n) is 4.64. The first-order valence-electron chi connectivity index (χ1n) is 5.93. The van der Waals surface area contributed by atoms with Gasteiger partial charge in [-0.15, -0.1) is 0 Å². The molecule has 0 heterocycles. The molecule has 2 N–H and O–H groups in total. The molecule has 0 saturated heterocycles. The van der Waals surface area contributed by atoms with E-state index in [0.717, 1.165) is 25.4 Å². The highest BCUT2D eigenvalue weighted by Gasteiger charge is 2.20. The van der Waals surface area contributed by atoms with Gasteiger partial charge in [-0.05, 0) is 18.9 Å². The lowest BCUT2D eigenvalue weighted by Gasteiger charge is -2.27. The van der Waals surface area contributed by atoms with Crippen LogP contribution >= 0.6 is 0 Å². The van der Waals surface area contributed by atoms with Crippen molar-refractivity contribution in [3.05, 3.63) is 0 Å². The Morgan fingerprint density at radius 3 is 2.14 bits per heavy atom. The van der Waals surface area contributed by atoms with Crippen LogP contribution in [0, 0.1) is 11.3 Å². The van der Waals surface area contributed by atoms with Gasteiger partial charge in [0.25, 0.3) is 0 Å². The average Bonchev–Trinajstić information content (AvgIpc) is 2.24. The Balaban J connectivity index is 3.70. The van der Waals surface area contributed by atoms with Crippen molar-refractivity contribution in [3.8, 4) is 0 Å². The van der Waals surface area contributed by atoms with E-state index in [0.29, 0.717) is 0 Å². The lowest BCUT2D eigenvalue weighted by Crippen LogP contribution is -2.36. The third kappa shape index (κ3) is 4.97. The molecule has 0 bridgehead atoms. The Morgan fingerprint density at radius 2 is 1.79 bits per heavy atom. The molecule has 0 aromatic heterocycles. The van der Waals surface area contributed by atoms with E-state index in [4.69, 9.17) is 0 Å². The van der Waals surface area contributed by atoms with Crippen molar-refractivity contribution in [3.63, 3.8) is 0 Å². The molecule has 2 nitrogen and oxygen atoms in total. The zero-order valence-corrected chi connectivity index (χ0v) is 10.3. The van der Waals surface area contributed by atoms with E-state index in [2.05, 4.69) is 33.0 Å². The fourth-order valence-corrected chi connectivity index (χ4v) is 1.45. The van der Waals surface area contributed by atoms with Crippen molar-refractivity contribution in [2.24, 2.45) is 11.3 Å². The Kier molecular flexibility index (Phi) is 7.20. The van der Waals surface area contributed by atoms with Crippen molar-refractivity contribution < 1.29 is 5.11 Å². The van der Waals surface area contributed by atoms with Gasteiger partial charge in [-0.25, -0.2) is 0 Å². The minimum Gasteiger partial charge on any atom is -0.396 e. The van der Waals surface area contributed by atoms with E-state index in [1.165, 1.54) is 12.8 Å². The molecule has 2 heteroatoms. The van der Waals surface area contributed by atoms with Crippen LogP contribution < -0.4 is 5.32 Å². The smallest absolute Gasteiger partial charge is 0.0496 e. The Bertz CT molecular complexity index is 128. The molecule has 0 radical (unpaired) electrons. The molecule has 0 aromatic rings. The summed E-state index contributed by atoms with van der Waals surface area (Å²) in [6, 6.07) is 0. The maximum atomic E-state index is 9.22. The quantitative estimate of drug-likeness (QED) is 0.632. The summed E-state index contributed by atoms with van der Waals surface area (Å²) in [5.74, 6) is 0.787. The molecule has 14 heavy (non-hydrogen) atoms. The Morgan fingerprint density at radius 1 is 1.21 bits per heavy atom. The number of aliphatic hydroxyl groups is 1. The number of rotatable bonds is 8. The number of nitrogens with one attached hydrogen (secondary N) is 1. The van der Waals surface area contributed by atoms with Crippen LogP contribution in [0.3, 0.4) is 0 Å². The first-order valence-corrected chi connectivity index (χ1v) is 5.93. The summed E-state index contributed by atoms with van der Waals surface area (Å²) in [5, 5.41) is 12.7. The highest BCUT2D eigenvalue weighted by molar-refractivity contribution is 4.74. The molecular formula is C12H27NO. The molecular weight excluding hydrogens is 174 g/mol. The van der Waals surface area contributed by atoms with Crippen LogP contribution in [0.15, 0.2) is 0 Å². The molecule has 0 saturated carbocycles. The van der Waals surface area contributed by atoms with Crippen LogP contribution in [0.1, 0.15) is 47.0 Å². The number of aliphatic hydroxyl groups excluding tert-OH is 1. The molecule has 0 aliphatic carbocycles. The lowest BCUT2D eigenvalue weighted by molar-refractivity contribution is 0.134. The maximum absolute atomic E-state index is 9.22. The molecule has 0 aliphatic heterocycles. The van der Waals surface area contributed by atoms with Crippen LogP contribution in [0.5, 0.6) is 0 Å². The van der Waals surface area contributed by atoms with Gasteiger partial charge in [-0.1, -0.05) is 40.5 Å². The Hall–Kier alpha value is -0.0800. The SMILES string of the molecule is CCC(CC)CNCC(C)(CC)CO. The fourth-order valence-electron chi connectivity index (χ4n) is 1.45. The highest BCUT2D eigenvalue weighted by atomic mass is 16.3. The fraction of sp³-hybridized carbons (Fsp3) is 1.00. The summed E-state index contributed by atoms with van der Waals surface area (Å²) < 4.78 is 0. The van der Waals surface area contributed by atoms with Crippen molar-refractivity contribution in [1.29, 1.82) is 0 Å². The largest absolute Gasteiger partial charge is 0.396 e. The van der Waals surface area contributed by atoms with Crippen molar-refractivity contribution in [2.45, 2.75) is 47.0 Å². The average molecular weight is 201 g/mol. The van der Waals surface area contributed by atoms with Crippen molar-refractivity contribution >= 4 is 0 Å².